The summed E-state index contributed by atoms with van der Waals surface area (Å²) in [5.74, 6) is 1.66. The number of likely N-dealkylation sites (N-methyl/N-ethyl adjacent to an activating group) is 1. The molecule has 9 heteroatoms. The maximum absolute atomic E-state index is 12.9. The molecule has 0 unspecified atom stereocenters. The molecule has 196 valence electrons. The van der Waals surface area contributed by atoms with Gasteiger partial charge in [0, 0.05) is 55.1 Å². The molecule has 6 rings (SSSR count). The first kappa shape index (κ1) is 24.4. The van der Waals surface area contributed by atoms with Crippen molar-refractivity contribution in [2.24, 2.45) is 5.73 Å². The van der Waals surface area contributed by atoms with E-state index in [0.29, 0.717) is 29.1 Å². The second kappa shape index (κ2) is 9.40. The summed E-state index contributed by atoms with van der Waals surface area (Å²) in [4.78, 5) is 42.7. The standard InChI is InChI=1S/C29H33N7O2/c1-17-12-18(2)32-29(38)23(17)16-36-24-14-21(13-22(27(30)37)26(24)33-28(36)19-4-5-19)20-6-7-25(31-15-20)35-10-8-34(3)9-11-35/h6-7,12-15,19H,4-5,8-11,16H2,1-3H3,(H2,30,37)(H,32,38). The molecule has 1 aliphatic carbocycles. The van der Waals surface area contributed by atoms with Gasteiger partial charge < -0.3 is 25.1 Å². The maximum Gasteiger partial charge on any atom is 0.253 e. The first-order chi connectivity index (χ1) is 18.3. The van der Waals surface area contributed by atoms with Crippen molar-refractivity contribution in [2.45, 2.75) is 39.2 Å². The molecule has 1 amide bonds. The fraction of sp³-hybridized carbons (Fsp3) is 0.379. The molecule has 2 aliphatic rings. The summed E-state index contributed by atoms with van der Waals surface area (Å²) in [6.07, 6.45) is 3.95. The SMILES string of the molecule is Cc1cc(C)c(Cn2c(C3CC3)nc3c(C(N)=O)cc(-c4ccc(N5CCN(C)CC5)nc4)cc32)c(=O)[nH]1. The Morgan fingerprint density at radius 1 is 1.08 bits per heavy atom. The number of rotatable bonds is 6. The fourth-order valence-electron chi connectivity index (χ4n) is 5.43. The molecule has 9 nitrogen and oxygen atoms in total. The van der Waals surface area contributed by atoms with Crippen molar-refractivity contribution in [1.29, 1.82) is 0 Å². The summed E-state index contributed by atoms with van der Waals surface area (Å²) in [6.45, 7) is 8.14. The molecule has 1 aromatic carbocycles. The van der Waals surface area contributed by atoms with E-state index in [1.54, 1.807) is 0 Å². The molecular formula is C29H33N7O2. The second-order valence-electron chi connectivity index (χ2n) is 10.7. The number of aromatic nitrogens is 4. The molecule has 4 aromatic rings. The van der Waals surface area contributed by atoms with Crippen molar-refractivity contribution in [3.8, 4) is 11.1 Å². The van der Waals surface area contributed by atoms with Crippen LogP contribution in [0.1, 0.15) is 51.8 Å². The van der Waals surface area contributed by atoms with Gasteiger partial charge in [-0.15, -0.1) is 0 Å². The smallest absolute Gasteiger partial charge is 0.253 e. The molecule has 0 atom stereocenters. The van der Waals surface area contributed by atoms with Crippen molar-refractivity contribution in [3.05, 3.63) is 75.1 Å². The first-order valence-corrected chi connectivity index (χ1v) is 13.2. The van der Waals surface area contributed by atoms with Crippen LogP contribution in [0.15, 0.2) is 41.3 Å². The highest BCUT2D eigenvalue weighted by Crippen LogP contribution is 2.42. The number of pyridine rings is 2. The Labute approximate surface area is 221 Å². The number of aryl methyl sites for hydroxylation is 2. The molecule has 1 saturated heterocycles. The van der Waals surface area contributed by atoms with E-state index in [9.17, 15) is 9.59 Å². The van der Waals surface area contributed by atoms with E-state index < -0.39 is 5.91 Å². The van der Waals surface area contributed by atoms with Crippen LogP contribution < -0.4 is 16.2 Å². The lowest BCUT2D eigenvalue weighted by Crippen LogP contribution is -2.44. The fourth-order valence-corrected chi connectivity index (χ4v) is 5.43. The van der Waals surface area contributed by atoms with Crippen LogP contribution in [0.4, 0.5) is 5.82 Å². The quantitative estimate of drug-likeness (QED) is 0.411. The second-order valence-corrected chi connectivity index (χ2v) is 10.7. The third-order valence-corrected chi connectivity index (χ3v) is 7.81. The number of hydrogen-bond acceptors (Lipinski definition) is 6. The third-order valence-electron chi connectivity index (χ3n) is 7.81. The minimum Gasteiger partial charge on any atom is -0.366 e. The molecule has 1 aliphatic heterocycles. The molecule has 4 heterocycles. The van der Waals surface area contributed by atoms with Gasteiger partial charge in [-0.1, -0.05) is 0 Å². The van der Waals surface area contributed by atoms with E-state index in [0.717, 1.165) is 78.6 Å². The lowest BCUT2D eigenvalue weighted by Gasteiger charge is -2.33. The highest BCUT2D eigenvalue weighted by molar-refractivity contribution is 6.06. The number of anilines is 1. The molecule has 0 radical (unpaired) electrons. The van der Waals surface area contributed by atoms with Gasteiger partial charge in [0.1, 0.15) is 17.2 Å². The summed E-state index contributed by atoms with van der Waals surface area (Å²) < 4.78 is 2.10. The van der Waals surface area contributed by atoms with Gasteiger partial charge in [0.2, 0.25) is 0 Å². The Kier molecular flexibility index (Phi) is 6.03. The predicted molar refractivity (Wildman–Crippen MR) is 149 cm³/mol. The highest BCUT2D eigenvalue weighted by atomic mass is 16.1. The van der Waals surface area contributed by atoms with E-state index in [2.05, 4.69) is 26.4 Å². The molecule has 0 bridgehead atoms. The number of piperazine rings is 1. The van der Waals surface area contributed by atoms with Gasteiger partial charge in [0.05, 0.1) is 17.6 Å². The van der Waals surface area contributed by atoms with E-state index >= 15 is 0 Å². The number of nitrogens with one attached hydrogen (secondary N) is 1. The van der Waals surface area contributed by atoms with Crippen molar-refractivity contribution >= 4 is 22.8 Å². The van der Waals surface area contributed by atoms with Gasteiger partial charge in [-0.05, 0) is 75.2 Å². The van der Waals surface area contributed by atoms with Crippen LogP contribution in [0, 0.1) is 13.8 Å². The van der Waals surface area contributed by atoms with Crippen LogP contribution in [-0.4, -0.2) is 63.6 Å². The van der Waals surface area contributed by atoms with Gasteiger partial charge in [0.15, 0.2) is 0 Å². The van der Waals surface area contributed by atoms with E-state index in [1.165, 1.54) is 0 Å². The number of carbonyl (C=O) groups excluding carboxylic acids is 1. The highest BCUT2D eigenvalue weighted by Gasteiger charge is 2.31. The van der Waals surface area contributed by atoms with Gasteiger partial charge in [-0.2, -0.15) is 0 Å². The van der Waals surface area contributed by atoms with Crippen LogP contribution >= 0.6 is 0 Å². The zero-order chi connectivity index (χ0) is 26.6. The lowest BCUT2D eigenvalue weighted by molar-refractivity contribution is 0.100. The number of benzene rings is 1. The summed E-state index contributed by atoms with van der Waals surface area (Å²) in [5, 5.41) is 0. The maximum atomic E-state index is 12.9. The van der Waals surface area contributed by atoms with Crippen LogP contribution in [0.3, 0.4) is 0 Å². The summed E-state index contributed by atoms with van der Waals surface area (Å²) >= 11 is 0. The molecule has 3 aromatic heterocycles. The van der Waals surface area contributed by atoms with Gasteiger partial charge >= 0.3 is 0 Å². The Hall–Kier alpha value is -3.98. The Morgan fingerprint density at radius 3 is 2.47 bits per heavy atom. The molecular weight excluding hydrogens is 478 g/mol. The minimum atomic E-state index is -0.518. The molecule has 1 saturated carbocycles. The number of nitrogens with zero attached hydrogens (tertiary/aromatic N) is 5. The molecule has 0 spiro atoms. The largest absolute Gasteiger partial charge is 0.366 e. The van der Waals surface area contributed by atoms with Gasteiger partial charge in [0.25, 0.3) is 11.5 Å². The summed E-state index contributed by atoms with van der Waals surface area (Å²) in [6, 6.07) is 9.93. The number of amides is 1. The zero-order valence-electron chi connectivity index (χ0n) is 22.1. The van der Waals surface area contributed by atoms with Crippen LogP contribution in [0.5, 0.6) is 0 Å². The molecule has 38 heavy (non-hydrogen) atoms. The Morgan fingerprint density at radius 2 is 1.84 bits per heavy atom. The lowest BCUT2D eigenvalue weighted by atomic mass is 10.0. The molecule has 2 fully saturated rings. The third kappa shape index (κ3) is 4.47. The number of primary amides is 1. The normalized spacial score (nSPS) is 16.3. The average Bonchev–Trinajstić information content (AvgIpc) is 3.67. The number of fused-ring (bicyclic) bond motifs is 1. The van der Waals surface area contributed by atoms with Crippen LogP contribution in [-0.2, 0) is 6.54 Å². The average molecular weight is 512 g/mol. The Balaban J connectivity index is 1.45. The minimum absolute atomic E-state index is 0.0962. The number of imidazole rings is 1. The van der Waals surface area contributed by atoms with Crippen molar-refractivity contribution < 1.29 is 4.79 Å². The number of hydrogen-bond donors (Lipinski definition) is 2. The molecule has 3 N–H and O–H groups in total. The van der Waals surface area contributed by atoms with Crippen molar-refractivity contribution in [1.82, 2.24) is 24.4 Å². The van der Waals surface area contributed by atoms with Crippen LogP contribution in [0.25, 0.3) is 22.2 Å². The number of aromatic amines is 1. The van der Waals surface area contributed by atoms with Crippen molar-refractivity contribution in [3.63, 3.8) is 0 Å². The summed E-state index contributed by atoms with van der Waals surface area (Å²) in [5.41, 5.74) is 11.8. The Bertz CT molecular complexity index is 1590. The predicted octanol–water partition coefficient (Wildman–Crippen LogP) is 3.18. The topological polar surface area (TPSA) is 113 Å². The first-order valence-electron chi connectivity index (χ1n) is 13.2. The number of carbonyl (C=O) groups is 1. The van der Waals surface area contributed by atoms with Crippen molar-refractivity contribution in [2.75, 3.05) is 38.1 Å². The summed E-state index contributed by atoms with van der Waals surface area (Å²) in [7, 11) is 2.13. The van der Waals surface area contributed by atoms with Gasteiger partial charge in [-0.3, -0.25) is 9.59 Å². The van der Waals surface area contributed by atoms with E-state index in [-0.39, 0.29) is 5.56 Å². The zero-order valence-corrected chi connectivity index (χ0v) is 22.1. The van der Waals surface area contributed by atoms with Gasteiger partial charge in [-0.25, -0.2) is 9.97 Å². The van der Waals surface area contributed by atoms with E-state index in [4.69, 9.17) is 15.7 Å². The monoisotopic (exact) mass is 511 g/mol. The van der Waals surface area contributed by atoms with Crippen LogP contribution in [0.2, 0.25) is 0 Å². The van der Waals surface area contributed by atoms with E-state index in [1.807, 2.05) is 50.4 Å². The number of H-pyrrole nitrogens is 1. The number of nitrogens with two attached hydrogens (primary N) is 1.